The van der Waals surface area contributed by atoms with Crippen molar-refractivity contribution in [1.29, 1.82) is 0 Å². The Bertz CT molecular complexity index is 504. The van der Waals surface area contributed by atoms with E-state index < -0.39 is 0 Å². The summed E-state index contributed by atoms with van der Waals surface area (Å²) in [4.78, 5) is 11.8. The van der Waals surface area contributed by atoms with Crippen LogP contribution >= 0.6 is 0 Å². The topological polar surface area (TPSA) is 73.6 Å². The maximum Gasteiger partial charge on any atom is 0.338 e. The number of nitrogens with one attached hydrogen (secondary N) is 1. The van der Waals surface area contributed by atoms with E-state index in [1.165, 1.54) is 0 Å². The number of esters is 1. The summed E-state index contributed by atoms with van der Waals surface area (Å²) in [5, 5.41) is 3.41. The van der Waals surface area contributed by atoms with Crippen LogP contribution in [0.4, 0.5) is 11.4 Å². The van der Waals surface area contributed by atoms with E-state index in [4.69, 9.17) is 15.2 Å². The van der Waals surface area contributed by atoms with E-state index in [0.717, 1.165) is 18.7 Å². The molecule has 0 bridgehead atoms. The van der Waals surface area contributed by atoms with Crippen molar-refractivity contribution in [3.8, 4) is 0 Å². The van der Waals surface area contributed by atoms with E-state index >= 15 is 0 Å². The van der Waals surface area contributed by atoms with Gasteiger partial charge in [0.25, 0.3) is 0 Å². The molecule has 1 aromatic carbocycles. The van der Waals surface area contributed by atoms with Crippen LogP contribution in [0.3, 0.4) is 0 Å². The van der Waals surface area contributed by atoms with E-state index in [2.05, 4.69) is 12.2 Å². The highest BCUT2D eigenvalue weighted by Gasteiger charge is 2.37. The van der Waals surface area contributed by atoms with Gasteiger partial charge in [0.15, 0.2) is 0 Å². The highest BCUT2D eigenvalue weighted by atomic mass is 16.5. The van der Waals surface area contributed by atoms with Crippen LogP contribution in [0, 0.1) is 0 Å². The van der Waals surface area contributed by atoms with E-state index in [1.807, 2.05) is 6.92 Å². The first-order chi connectivity index (χ1) is 9.46. The normalized spacial score (nSPS) is 25.4. The van der Waals surface area contributed by atoms with Crippen LogP contribution in [0.1, 0.15) is 37.6 Å². The van der Waals surface area contributed by atoms with Gasteiger partial charge in [-0.25, -0.2) is 4.79 Å². The Morgan fingerprint density at radius 1 is 1.60 bits per heavy atom. The van der Waals surface area contributed by atoms with Gasteiger partial charge in [-0.1, -0.05) is 0 Å². The number of anilines is 2. The van der Waals surface area contributed by atoms with Gasteiger partial charge in [0, 0.05) is 6.61 Å². The molecule has 1 heterocycles. The quantitative estimate of drug-likeness (QED) is 0.653. The molecule has 2 unspecified atom stereocenters. The minimum absolute atomic E-state index is 0.0909. The first-order valence-electron chi connectivity index (χ1n) is 6.92. The summed E-state index contributed by atoms with van der Waals surface area (Å²) >= 11 is 0. The number of hydrogen-bond acceptors (Lipinski definition) is 5. The van der Waals surface area contributed by atoms with E-state index in [-0.39, 0.29) is 17.6 Å². The van der Waals surface area contributed by atoms with Crippen LogP contribution in [0.25, 0.3) is 0 Å². The zero-order valence-electron chi connectivity index (χ0n) is 12.2. The van der Waals surface area contributed by atoms with Crippen LogP contribution in [0.15, 0.2) is 18.2 Å². The molecule has 110 valence electrons. The van der Waals surface area contributed by atoms with Crippen LogP contribution in [-0.4, -0.2) is 30.8 Å². The molecule has 0 radical (unpaired) electrons. The minimum Gasteiger partial charge on any atom is -0.462 e. The molecular formula is C15H22N2O3. The number of benzene rings is 1. The fourth-order valence-corrected chi connectivity index (χ4v) is 2.31. The van der Waals surface area contributed by atoms with Crippen molar-refractivity contribution in [3.63, 3.8) is 0 Å². The minimum atomic E-state index is -0.337. The average Bonchev–Trinajstić information content (AvgIpc) is 2.72. The molecule has 5 nitrogen and oxygen atoms in total. The standard InChI is InChI=1S/C15H22N2O3/c1-4-19-14(18)11-5-6-12(16)13(9-11)17-15(3)7-8-20-10(15)2/h5-6,9-10,17H,4,7-8,16H2,1-3H3. The number of rotatable bonds is 4. The zero-order valence-corrected chi connectivity index (χ0v) is 12.2. The number of nitrogen functional groups attached to an aromatic ring is 1. The van der Waals surface area contributed by atoms with E-state index in [0.29, 0.717) is 17.9 Å². The van der Waals surface area contributed by atoms with Crippen LogP contribution in [-0.2, 0) is 9.47 Å². The predicted molar refractivity (Wildman–Crippen MR) is 78.9 cm³/mol. The third kappa shape index (κ3) is 2.88. The van der Waals surface area contributed by atoms with Gasteiger partial charge in [-0.2, -0.15) is 0 Å². The number of carbonyl (C=O) groups excluding carboxylic acids is 1. The Morgan fingerprint density at radius 3 is 2.95 bits per heavy atom. The van der Waals surface area contributed by atoms with Crippen molar-refractivity contribution in [2.24, 2.45) is 0 Å². The maximum atomic E-state index is 11.8. The van der Waals surface area contributed by atoms with Gasteiger partial charge in [-0.15, -0.1) is 0 Å². The summed E-state index contributed by atoms with van der Waals surface area (Å²) in [6.45, 7) is 7.00. The second kappa shape index (κ2) is 5.71. The average molecular weight is 278 g/mol. The number of nitrogens with two attached hydrogens (primary N) is 1. The molecule has 1 aliphatic heterocycles. The molecule has 0 saturated carbocycles. The SMILES string of the molecule is CCOC(=O)c1ccc(N)c(NC2(C)CCOC2C)c1. The Hall–Kier alpha value is -1.75. The molecular weight excluding hydrogens is 256 g/mol. The van der Waals surface area contributed by atoms with Crippen molar-refractivity contribution < 1.29 is 14.3 Å². The van der Waals surface area contributed by atoms with Crippen LogP contribution < -0.4 is 11.1 Å². The molecule has 3 N–H and O–H groups in total. The summed E-state index contributed by atoms with van der Waals surface area (Å²) in [7, 11) is 0. The lowest BCUT2D eigenvalue weighted by Crippen LogP contribution is -2.41. The highest BCUT2D eigenvalue weighted by Crippen LogP contribution is 2.32. The first kappa shape index (κ1) is 14.7. The fraction of sp³-hybridized carbons (Fsp3) is 0.533. The predicted octanol–water partition coefficient (Wildman–Crippen LogP) is 2.42. The van der Waals surface area contributed by atoms with Gasteiger partial charge >= 0.3 is 5.97 Å². The molecule has 5 heteroatoms. The fourth-order valence-electron chi connectivity index (χ4n) is 2.31. The lowest BCUT2D eigenvalue weighted by atomic mass is 9.94. The highest BCUT2D eigenvalue weighted by molar-refractivity contribution is 5.92. The molecule has 0 spiro atoms. The Morgan fingerprint density at radius 2 is 2.35 bits per heavy atom. The second-order valence-corrected chi connectivity index (χ2v) is 5.33. The molecule has 1 aromatic rings. The van der Waals surface area contributed by atoms with E-state index in [1.54, 1.807) is 25.1 Å². The molecule has 2 rings (SSSR count). The molecule has 0 aliphatic carbocycles. The Balaban J connectivity index is 2.23. The van der Waals surface area contributed by atoms with Crippen LogP contribution in [0.2, 0.25) is 0 Å². The summed E-state index contributed by atoms with van der Waals surface area (Å²) in [6, 6.07) is 5.14. The summed E-state index contributed by atoms with van der Waals surface area (Å²) in [5.41, 5.74) is 7.67. The largest absolute Gasteiger partial charge is 0.462 e. The molecule has 20 heavy (non-hydrogen) atoms. The van der Waals surface area contributed by atoms with Gasteiger partial charge in [-0.05, 0) is 45.4 Å². The summed E-state index contributed by atoms with van der Waals surface area (Å²) < 4.78 is 10.6. The van der Waals surface area contributed by atoms with Crippen molar-refractivity contribution in [2.45, 2.75) is 38.8 Å². The smallest absolute Gasteiger partial charge is 0.338 e. The third-order valence-corrected chi connectivity index (χ3v) is 3.87. The lowest BCUT2D eigenvalue weighted by Gasteiger charge is -2.30. The Labute approximate surface area is 119 Å². The summed E-state index contributed by atoms with van der Waals surface area (Å²) in [5.74, 6) is -0.337. The van der Waals surface area contributed by atoms with E-state index in [9.17, 15) is 4.79 Å². The molecule has 0 aromatic heterocycles. The van der Waals surface area contributed by atoms with Crippen molar-refractivity contribution in [2.75, 3.05) is 24.3 Å². The van der Waals surface area contributed by atoms with Gasteiger partial charge in [0.1, 0.15) is 0 Å². The Kier molecular flexibility index (Phi) is 4.18. The van der Waals surface area contributed by atoms with Gasteiger partial charge in [0.2, 0.25) is 0 Å². The summed E-state index contributed by atoms with van der Waals surface area (Å²) in [6.07, 6.45) is 0.991. The second-order valence-electron chi connectivity index (χ2n) is 5.33. The van der Waals surface area contributed by atoms with Crippen molar-refractivity contribution in [3.05, 3.63) is 23.8 Å². The lowest BCUT2D eigenvalue weighted by molar-refractivity contribution is 0.0526. The first-order valence-corrected chi connectivity index (χ1v) is 6.92. The third-order valence-electron chi connectivity index (χ3n) is 3.87. The van der Waals surface area contributed by atoms with Gasteiger partial charge in [0.05, 0.1) is 35.2 Å². The zero-order chi connectivity index (χ0) is 14.8. The number of carbonyl (C=O) groups is 1. The number of hydrogen-bond donors (Lipinski definition) is 2. The van der Waals surface area contributed by atoms with Crippen molar-refractivity contribution in [1.82, 2.24) is 0 Å². The van der Waals surface area contributed by atoms with Crippen LogP contribution in [0.5, 0.6) is 0 Å². The van der Waals surface area contributed by atoms with Gasteiger partial charge in [-0.3, -0.25) is 0 Å². The molecule has 0 amide bonds. The monoisotopic (exact) mass is 278 g/mol. The molecule has 1 aliphatic rings. The van der Waals surface area contributed by atoms with Crippen molar-refractivity contribution >= 4 is 17.3 Å². The molecule has 1 fully saturated rings. The maximum absolute atomic E-state index is 11.8. The number of ether oxygens (including phenoxy) is 2. The van der Waals surface area contributed by atoms with Gasteiger partial charge < -0.3 is 20.5 Å². The molecule has 1 saturated heterocycles. The molecule has 2 atom stereocenters.